The van der Waals surface area contributed by atoms with Crippen LogP contribution in [0.1, 0.15) is 30.1 Å². The second kappa shape index (κ2) is 7.51. The first-order valence-corrected chi connectivity index (χ1v) is 8.64. The third-order valence-corrected chi connectivity index (χ3v) is 4.84. The van der Waals surface area contributed by atoms with Crippen LogP contribution in [0.2, 0.25) is 10.0 Å². The van der Waals surface area contributed by atoms with E-state index in [1.54, 1.807) is 29.9 Å². The van der Waals surface area contributed by atoms with E-state index in [4.69, 9.17) is 23.2 Å². The highest BCUT2D eigenvalue weighted by Gasteiger charge is 2.21. The molecule has 1 aliphatic rings. The number of anilines is 1. The second-order valence-corrected chi connectivity index (χ2v) is 6.68. The highest BCUT2D eigenvalue weighted by Crippen LogP contribution is 2.26. The van der Waals surface area contributed by atoms with E-state index in [0.29, 0.717) is 27.5 Å². The Bertz CT molecular complexity index is 720. The van der Waals surface area contributed by atoms with Crippen molar-refractivity contribution in [1.29, 1.82) is 0 Å². The number of carbonyl (C=O) groups is 1. The zero-order valence-corrected chi connectivity index (χ0v) is 14.9. The minimum atomic E-state index is -0.225. The first-order valence-electron chi connectivity index (χ1n) is 7.89. The van der Waals surface area contributed by atoms with E-state index < -0.39 is 0 Å². The van der Waals surface area contributed by atoms with Crippen LogP contribution < -0.4 is 10.6 Å². The number of rotatable bonds is 4. The molecule has 0 radical (unpaired) electrons. The normalized spacial score (nSPS) is 15.5. The van der Waals surface area contributed by atoms with Crippen LogP contribution in [0.3, 0.4) is 0 Å². The Morgan fingerprint density at radius 3 is 2.67 bits per heavy atom. The summed E-state index contributed by atoms with van der Waals surface area (Å²) in [5.74, 6) is 1.33. The summed E-state index contributed by atoms with van der Waals surface area (Å²) < 4.78 is 1.60. The molecule has 0 unspecified atom stereocenters. The first kappa shape index (κ1) is 17.2. The molecule has 2 heterocycles. The van der Waals surface area contributed by atoms with Gasteiger partial charge in [0.15, 0.2) is 5.82 Å². The summed E-state index contributed by atoms with van der Waals surface area (Å²) in [6.07, 6.45) is 2.10. The molecule has 8 heteroatoms. The van der Waals surface area contributed by atoms with Crippen molar-refractivity contribution in [1.82, 2.24) is 20.1 Å². The lowest BCUT2D eigenvalue weighted by atomic mass is 9.98. The number of halogens is 2. The minimum absolute atomic E-state index is 0.0913. The van der Waals surface area contributed by atoms with Gasteiger partial charge in [-0.3, -0.25) is 10.1 Å². The Balaban J connectivity index is 1.69. The largest absolute Gasteiger partial charge is 0.317 e. The second-order valence-electron chi connectivity index (χ2n) is 5.87. The monoisotopic (exact) mass is 367 g/mol. The lowest BCUT2D eigenvalue weighted by Gasteiger charge is -2.19. The predicted molar refractivity (Wildman–Crippen MR) is 94.6 cm³/mol. The molecule has 1 fully saturated rings. The van der Waals surface area contributed by atoms with Gasteiger partial charge in [0, 0.05) is 23.0 Å². The van der Waals surface area contributed by atoms with Crippen molar-refractivity contribution >= 4 is 35.1 Å². The van der Waals surface area contributed by atoms with E-state index >= 15 is 0 Å². The van der Waals surface area contributed by atoms with Crippen LogP contribution in [0.25, 0.3) is 0 Å². The Kier molecular flexibility index (Phi) is 5.38. The topological polar surface area (TPSA) is 71.8 Å². The molecule has 128 valence electrons. The standard InChI is InChI=1S/C16H19Cl2N5O/c1-23-16(21-15(22-23)10-5-7-19-8-6-10)20-14(24)9-11-12(17)3-2-4-13(11)18/h2-4,10,19H,5-9H2,1H3,(H,20,21,22,24). The van der Waals surface area contributed by atoms with Gasteiger partial charge < -0.3 is 5.32 Å². The van der Waals surface area contributed by atoms with Crippen molar-refractivity contribution in [2.45, 2.75) is 25.2 Å². The highest BCUT2D eigenvalue weighted by atomic mass is 35.5. The molecular weight excluding hydrogens is 349 g/mol. The number of aromatic nitrogens is 3. The van der Waals surface area contributed by atoms with Gasteiger partial charge in [-0.15, -0.1) is 0 Å². The van der Waals surface area contributed by atoms with Crippen LogP contribution in [-0.4, -0.2) is 33.8 Å². The van der Waals surface area contributed by atoms with Gasteiger partial charge in [-0.1, -0.05) is 29.3 Å². The summed E-state index contributed by atoms with van der Waals surface area (Å²) >= 11 is 12.2. The van der Waals surface area contributed by atoms with Crippen LogP contribution in [0.5, 0.6) is 0 Å². The minimum Gasteiger partial charge on any atom is -0.317 e. The summed E-state index contributed by atoms with van der Waals surface area (Å²) in [5.41, 5.74) is 0.610. The molecule has 24 heavy (non-hydrogen) atoms. The fourth-order valence-corrected chi connectivity index (χ4v) is 3.33. The first-order chi connectivity index (χ1) is 11.5. The van der Waals surface area contributed by atoms with E-state index in [2.05, 4.69) is 20.7 Å². The number of piperidine rings is 1. The molecule has 0 saturated carbocycles. The number of hydrogen-bond donors (Lipinski definition) is 2. The molecule has 0 atom stereocenters. The van der Waals surface area contributed by atoms with Gasteiger partial charge in [0.05, 0.1) is 6.42 Å². The number of carbonyl (C=O) groups excluding carboxylic acids is 1. The molecule has 0 aliphatic carbocycles. The lowest BCUT2D eigenvalue weighted by molar-refractivity contribution is -0.115. The average molecular weight is 368 g/mol. The van der Waals surface area contributed by atoms with Crippen LogP contribution in [0, 0.1) is 0 Å². The molecule has 0 spiro atoms. The van der Waals surface area contributed by atoms with Crippen molar-refractivity contribution in [2.75, 3.05) is 18.4 Å². The maximum atomic E-state index is 12.3. The zero-order chi connectivity index (χ0) is 17.1. The van der Waals surface area contributed by atoms with Crippen LogP contribution in [0.4, 0.5) is 5.95 Å². The zero-order valence-electron chi connectivity index (χ0n) is 13.4. The molecule has 2 aromatic rings. The maximum absolute atomic E-state index is 12.3. The van der Waals surface area contributed by atoms with Gasteiger partial charge in [-0.05, 0) is 43.6 Å². The van der Waals surface area contributed by atoms with E-state index in [0.717, 1.165) is 31.8 Å². The molecule has 1 aliphatic heterocycles. The summed E-state index contributed by atoms with van der Waals surface area (Å²) in [5, 5.41) is 11.5. The molecule has 1 aromatic heterocycles. The van der Waals surface area contributed by atoms with Gasteiger partial charge in [0.1, 0.15) is 0 Å². The van der Waals surface area contributed by atoms with E-state index in [9.17, 15) is 4.79 Å². The fourth-order valence-electron chi connectivity index (χ4n) is 2.80. The molecule has 6 nitrogen and oxygen atoms in total. The third-order valence-electron chi connectivity index (χ3n) is 4.13. The molecular formula is C16H19Cl2N5O. The highest BCUT2D eigenvalue weighted by molar-refractivity contribution is 6.36. The number of amides is 1. The van der Waals surface area contributed by atoms with Crippen molar-refractivity contribution in [3.63, 3.8) is 0 Å². The number of nitrogens with one attached hydrogen (secondary N) is 2. The fraction of sp³-hybridized carbons (Fsp3) is 0.438. The SMILES string of the molecule is Cn1nc(C2CCNCC2)nc1NC(=O)Cc1c(Cl)cccc1Cl. The summed E-state index contributed by atoms with van der Waals surface area (Å²) in [7, 11) is 1.77. The number of hydrogen-bond acceptors (Lipinski definition) is 4. The summed E-state index contributed by atoms with van der Waals surface area (Å²) in [6.45, 7) is 1.94. The molecule has 3 rings (SSSR count). The molecule has 1 amide bonds. The summed E-state index contributed by atoms with van der Waals surface area (Å²) in [6, 6.07) is 5.18. The molecule has 0 bridgehead atoms. The molecule has 2 N–H and O–H groups in total. The van der Waals surface area contributed by atoms with Gasteiger partial charge in [0.25, 0.3) is 0 Å². The van der Waals surface area contributed by atoms with Gasteiger partial charge in [0.2, 0.25) is 11.9 Å². The predicted octanol–water partition coefficient (Wildman–Crippen LogP) is 2.77. The quantitative estimate of drug-likeness (QED) is 0.871. The van der Waals surface area contributed by atoms with E-state index in [1.165, 1.54) is 0 Å². The van der Waals surface area contributed by atoms with Gasteiger partial charge >= 0.3 is 0 Å². The Hall–Kier alpha value is -1.63. The number of nitrogens with zero attached hydrogens (tertiary/aromatic N) is 3. The number of benzene rings is 1. The maximum Gasteiger partial charge on any atom is 0.231 e. The third kappa shape index (κ3) is 3.88. The van der Waals surface area contributed by atoms with Gasteiger partial charge in [-0.2, -0.15) is 10.1 Å². The smallest absolute Gasteiger partial charge is 0.231 e. The van der Waals surface area contributed by atoms with E-state index in [-0.39, 0.29) is 12.3 Å². The molecule has 1 aromatic carbocycles. The Morgan fingerprint density at radius 2 is 2.00 bits per heavy atom. The van der Waals surface area contributed by atoms with Crippen LogP contribution in [-0.2, 0) is 18.3 Å². The van der Waals surface area contributed by atoms with E-state index in [1.807, 2.05) is 0 Å². The van der Waals surface area contributed by atoms with Crippen LogP contribution in [0.15, 0.2) is 18.2 Å². The Morgan fingerprint density at radius 1 is 1.33 bits per heavy atom. The number of aryl methyl sites for hydroxylation is 1. The van der Waals surface area contributed by atoms with Crippen molar-refractivity contribution < 1.29 is 4.79 Å². The average Bonchev–Trinajstić information content (AvgIpc) is 2.93. The molecule has 1 saturated heterocycles. The Labute approximate surface area is 150 Å². The van der Waals surface area contributed by atoms with Crippen molar-refractivity contribution in [3.8, 4) is 0 Å². The summed E-state index contributed by atoms with van der Waals surface area (Å²) in [4.78, 5) is 16.8. The van der Waals surface area contributed by atoms with Gasteiger partial charge in [-0.25, -0.2) is 4.68 Å². The van der Waals surface area contributed by atoms with Crippen LogP contribution >= 0.6 is 23.2 Å². The van der Waals surface area contributed by atoms with Crippen molar-refractivity contribution in [2.24, 2.45) is 7.05 Å². The lowest BCUT2D eigenvalue weighted by Crippen LogP contribution is -2.27. The van der Waals surface area contributed by atoms with Crippen molar-refractivity contribution in [3.05, 3.63) is 39.6 Å².